The van der Waals surface area contributed by atoms with Gasteiger partial charge in [-0.05, 0) is 36.6 Å². The van der Waals surface area contributed by atoms with Gasteiger partial charge in [-0.2, -0.15) is 15.4 Å². The largest absolute Gasteiger partial charge is 0.445 e. The molecule has 0 aliphatic carbocycles. The van der Waals surface area contributed by atoms with Gasteiger partial charge in [-0.3, -0.25) is 0 Å². The van der Waals surface area contributed by atoms with E-state index in [-0.39, 0.29) is 18.6 Å². The second-order valence-corrected chi connectivity index (χ2v) is 8.21. The normalized spacial score (nSPS) is 14.7. The van der Waals surface area contributed by atoms with E-state index in [0.29, 0.717) is 36.6 Å². The van der Waals surface area contributed by atoms with Gasteiger partial charge in [0.1, 0.15) is 12.3 Å². The molecule has 3 heterocycles. The van der Waals surface area contributed by atoms with Gasteiger partial charge in [0.2, 0.25) is 5.89 Å². The predicted molar refractivity (Wildman–Crippen MR) is 111 cm³/mol. The SMILES string of the molecule is O=C(OCc1cc(Cl)cc(Br)c1)N1CCC(c2nnc(NCc3cn[nH]n3)o2)CC1. The van der Waals surface area contributed by atoms with Crippen LogP contribution in [0.15, 0.2) is 33.3 Å². The van der Waals surface area contributed by atoms with E-state index in [0.717, 1.165) is 28.6 Å². The van der Waals surface area contributed by atoms with Gasteiger partial charge in [-0.1, -0.05) is 32.6 Å². The highest BCUT2D eigenvalue weighted by molar-refractivity contribution is 9.10. The smallest absolute Gasteiger partial charge is 0.410 e. The Hall–Kier alpha value is -2.66. The summed E-state index contributed by atoms with van der Waals surface area (Å²) in [6.45, 7) is 1.73. The van der Waals surface area contributed by atoms with Crippen LogP contribution >= 0.6 is 27.5 Å². The molecule has 0 bridgehead atoms. The lowest BCUT2D eigenvalue weighted by molar-refractivity contribution is 0.0856. The molecule has 1 amide bonds. The van der Waals surface area contributed by atoms with E-state index in [1.807, 2.05) is 6.07 Å². The minimum atomic E-state index is -0.343. The van der Waals surface area contributed by atoms with E-state index in [1.54, 1.807) is 23.2 Å². The standard InChI is InChI=1S/C18H19BrClN7O3/c19-13-5-11(6-14(20)7-13)10-29-18(28)27-3-1-12(2-4-27)16-24-25-17(30-16)21-8-15-9-22-26-23-15/h5-7,9,12H,1-4,8,10H2,(H,21,25)(H,22,23,26). The molecule has 1 saturated heterocycles. The summed E-state index contributed by atoms with van der Waals surface area (Å²) in [5.74, 6) is 0.669. The Kier molecular flexibility index (Phi) is 6.48. The Morgan fingerprint density at radius 3 is 2.90 bits per heavy atom. The average Bonchev–Trinajstić information content (AvgIpc) is 3.42. The van der Waals surface area contributed by atoms with E-state index in [2.05, 4.69) is 46.9 Å². The number of hydrogen-bond donors (Lipinski definition) is 2. The van der Waals surface area contributed by atoms with E-state index >= 15 is 0 Å². The Balaban J connectivity index is 1.24. The fraction of sp³-hybridized carbons (Fsp3) is 0.389. The summed E-state index contributed by atoms with van der Waals surface area (Å²) >= 11 is 9.40. The molecule has 0 radical (unpaired) electrons. The third-order valence-electron chi connectivity index (χ3n) is 4.71. The Labute approximate surface area is 185 Å². The number of H-pyrrole nitrogens is 1. The van der Waals surface area contributed by atoms with E-state index in [9.17, 15) is 4.79 Å². The molecule has 0 saturated carbocycles. The Morgan fingerprint density at radius 2 is 2.17 bits per heavy atom. The van der Waals surface area contributed by atoms with Crippen LogP contribution in [-0.4, -0.2) is 49.7 Å². The predicted octanol–water partition coefficient (Wildman–Crippen LogP) is 3.73. The first-order valence-electron chi connectivity index (χ1n) is 9.35. The first kappa shape index (κ1) is 20.6. The molecular formula is C18H19BrClN7O3. The second-order valence-electron chi connectivity index (χ2n) is 6.85. The number of piperidine rings is 1. The Morgan fingerprint density at radius 1 is 1.33 bits per heavy atom. The molecule has 1 aliphatic heterocycles. The molecule has 158 valence electrons. The summed E-state index contributed by atoms with van der Waals surface area (Å²) in [4.78, 5) is 14.1. The summed E-state index contributed by atoms with van der Waals surface area (Å²) in [5.41, 5.74) is 1.57. The highest BCUT2D eigenvalue weighted by Crippen LogP contribution is 2.28. The van der Waals surface area contributed by atoms with Crippen LogP contribution in [0.25, 0.3) is 0 Å². The average molecular weight is 497 g/mol. The number of carbonyl (C=O) groups is 1. The number of benzene rings is 1. The van der Waals surface area contributed by atoms with Crippen molar-refractivity contribution in [3.8, 4) is 0 Å². The monoisotopic (exact) mass is 495 g/mol. The van der Waals surface area contributed by atoms with Crippen LogP contribution in [-0.2, 0) is 17.9 Å². The van der Waals surface area contributed by atoms with Gasteiger partial charge in [-0.25, -0.2) is 4.79 Å². The highest BCUT2D eigenvalue weighted by Gasteiger charge is 2.28. The van der Waals surface area contributed by atoms with E-state index in [4.69, 9.17) is 20.8 Å². The maximum absolute atomic E-state index is 12.4. The number of aromatic nitrogens is 5. The summed E-state index contributed by atoms with van der Waals surface area (Å²) in [6.07, 6.45) is 2.72. The number of aromatic amines is 1. The van der Waals surface area contributed by atoms with Crippen LogP contribution in [0.4, 0.5) is 10.8 Å². The summed E-state index contributed by atoms with van der Waals surface area (Å²) in [5, 5.41) is 22.0. The molecule has 0 unspecified atom stereocenters. The molecule has 4 rings (SSSR count). The molecule has 1 aliphatic rings. The van der Waals surface area contributed by atoms with Crippen molar-refractivity contribution < 1.29 is 13.9 Å². The van der Waals surface area contributed by atoms with Crippen LogP contribution in [0.3, 0.4) is 0 Å². The van der Waals surface area contributed by atoms with Gasteiger partial charge in [0.25, 0.3) is 0 Å². The second kappa shape index (κ2) is 9.43. The van der Waals surface area contributed by atoms with Crippen molar-refractivity contribution in [2.24, 2.45) is 0 Å². The summed E-state index contributed by atoms with van der Waals surface area (Å²) < 4.78 is 12.0. The van der Waals surface area contributed by atoms with Crippen molar-refractivity contribution in [2.45, 2.75) is 31.9 Å². The summed E-state index contributed by atoms with van der Waals surface area (Å²) in [6, 6.07) is 5.76. The molecule has 3 aromatic rings. The lowest BCUT2D eigenvalue weighted by atomic mass is 9.97. The van der Waals surface area contributed by atoms with Crippen molar-refractivity contribution in [1.29, 1.82) is 0 Å². The van der Waals surface area contributed by atoms with E-state index < -0.39 is 0 Å². The third-order valence-corrected chi connectivity index (χ3v) is 5.39. The van der Waals surface area contributed by atoms with Crippen LogP contribution in [0.1, 0.15) is 35.9 Å². The van der Waals surface area contributed by atoms with Gasteiger partial charge in [0, 0.05) is 28.5 Å². The number of nitrogens with zero attached hydrogens (tertiary/aromatic N) is 5. The van der Waals surface area contributed by atoms with Crippen molar-refractivity contribution in [1.82, 2.24) is 30.5 Å². The molecule has 0 atom stereocenters. The van der Waals surface area contributed by atoms with Crippen LogP contribution in [0, 0.1) is 0 Å². The number of ether oxygens (including phenoxy) is 1. The van der Waals surface area contributed by atoms with Gasteiger partial charge >= 0.3 is 12.1 Å². The van der Waals surface area contributed by atoms with Crippen molar-refractivity contribution >= 4 is 39.6 Å². The first-order valence-corrected chi connectivity index (χ1v) is 10.5. The summed E-state index contributed by atoms with van der Waals surface area (Å²) in [7, 11) is 0. The van der Waals surface area contributed by atoms with Gasteiger partial charge in [-0.15, -0.1) is 5.10 Å². The van der Waals surface area contributed by atoms with Crippen LogP contribution in [0.5, 0.6) is 0 Å². The molecule has 30 heavy (non-hydrogen) atoms. The van der Waals surface area contributed by atoms with E-state index in [1.165, 1.54) is 0 Å². The number of halogens is 2. The molecular weight excluding hydrogens is 478 g/mol. The van der Waals surface area contributed by atoms with Crippen molar-refractivity contribution in [3.05, 3.63) is 51.0 Å². The highest BCUT2D eigenvalue weighted by atomic mass is 79.9. The molecule has 12 heteroatoms. The number of hydrogen-bond acceptors (Lipinski definition) is 8. The first-order chi connectivity index (χ1) is 14.6. The lowest BCUT2D eigenvalue weighted by Gasteiger charge is -2.29. The zero-order valence-electron chi connectivity index (χ0n) is 15.8. The number of amides is 1. The quantitative estimate of drug-likeness (QED) is 0.529. The molecule has 2 aromatic heterocycles. The zero-order valence-corrected chi connectivity index (χ0v) is 18.2. The van der Waals surface area contributed by atoms with Gasteiger partial charge in [0.15, 0.2) is 0 Å². The number of rotatable bonds is 6. The van der Waals surface area contributed by atoms with Crippen molar-refractivity contribution in [3.63, 3.8) is 0 Å². The fourth-order valence-corrected chi connectivity index (χ4v) is 4.12. The molecule has 10 nitrogen and oxygen atoms in total. The maximum Gasteiger partial charge on any atom is 0.410 e. The fourth-order valence-electron chi connectivity index (χ4n) is 3.19. The number of nitrogens with one attached hydrogen (secondary N) is 2. The van der Waals surface area contributed by atoms with Gasteiger partial charge in [0.05, 0.1) is 12.7 Å². The number of carbonyl (C=O) groups excluding carboxylic acids is 1. The number of anilines is 1. The zero-order chi connectivity index (χ0) is 20.9. The minimum Gasteiger partial charge on any atom is -0.445 e. The maximum atomic E-state index is 12.4. The number of likely N-dealkylation sites (tertiary alicyclic amines) is 1. The topological polar surface area (TPSA) is 122 Å². The lowest BCUT2D eigenvalue weighted by Crippen LogP contribution is -2.38. The Bertz CT molecular complexity index is 969. The van der Waals surface area contributed by atoms with Crippen molar-refractivity contribution in [2.75, 3.05) is 18.4 Å². The molecule has 2 N–H and O–H groups in total. The minimum absolute atomic E-state index is 0.105. The molecule has 0 spiro atoms. The third kappa shape index (κ3) is 5.28. The van der Waals surface area contributed by atoms with Crippen LogP contribution < -0.4 is 5.32 Å². The molecule has 1 fully saturated rings. The molecule has 1 aromatic carbocycles. The van der Waals surface area contributed by atoms with Gasteiger partial charge < -0.3 is 19.4 Å². The van der Waals surface area contributed by atoms with Crippen LogP contribution in [0.2, 0.25) is 5.02 Å².